The highest BCUT2D eigenvalue weighted by molar-refractivity contribution is 5.96. The minimum atomic E-state index is -1.13. The molecule has 3 N–H and O–H groups in total. The number of amides is 2. The number of β-amino-alcohol motifs (C(OH)–C–C–N with tert-alkyl or cyclic N) is 1. The number of aliphatic hydroxyl groups excluding tert-OH is 1. The lowest BCUT2D eigenvalue weighted by Crippen LogP contribution is -2.54. The van der Waals surface area contributed by atoms with Crippen molar-refractivity contribution in [3.05, 3.63) is 71.4 Å². The molecule has 2 fully saturated rings. The van der Waals surface area contributed by atoms with Crippen molar-refractivity contribution in [2.45, 2.75) is 25.5 Å². The number of fused-ring (bicyclic) bond motifs is 1. The van der Waals surface area contributed by atoms with Crippen LogP contribution in [0.3, 0.4) is 0 Å². The van der Waals surface area contributed by atoms with E-state index >= 15 is 4.39 Å². The number of hydrogen-bond acceptors (Lipinski definition) is 8. The second-order valence-corrected chi connectivity index (χ2v) is 10.7. The summed E-state index contributed by atoms with van der Waals surface area (Å²) in [6.07, 6.45) is 4.11. The van der Waals surface area contributed by atoms with Gasteiger partial charge in [0.25, 0.3) is 5.91 Å². The summed E-state index contributed by atoms with van der Waals surface area (Å²) in [5, 5.41) is 15.6. The zero-order valence-corrected chi connectivity index (χ0v) is 26.4. The Kier molecular flexibility index (Phi) is 10.7. The fraction of sp³-hybridized carbons (Fsp3) is 0.333. The summed E-state index contributed by atoms with van der Waals surface area (Å²) in [6.45, 7) is 3.17. The number of nitrogens with one attached hydrogen (secondary N) is 2. The van der Waals surface area contributed by atoms with Crippen LogP contribution in [0.25, 0.3) is 16.9 Å². The molecule has 11 nitrogen and oxygen atoms in total. The molecule has 4 aromatic rings. The van der Waals surface area contributed by atoms with Crippen LogP contribution < -0.4 is 15.4 Å². The second kappa shape index (κ2) is 14.1. The summed E-state index contributed by atoms with van der Waals surface area (Å²) in [5.74, 6) is -3.39. The lowest BCUT2D eigenvalue weighted by atomic mass is 10.0. The number of aromatic nitrogens is 3. The highest BCUT2D eigenvalue weighted by Crippen LogP contribution is 2.32. The van der Waals surface area contributed by atoms with E-state index in [0.717, 1.165) is 0 Å². The van der Waals surface area contributed by atoms with Gasteiger partial charge in [0, 0.05) is 56.2 Å². The van der Waals surface area contributed by atoms with Gasteiger partial charge in [-0.25, -0.2) is 18.7 Å². The maximum absolute atomic E-state index is 15.6. The Morgan fingerprint density at radius 2 is 1.72 bits per heavy atom. The molecule has 46 heavy (non-hydrogen) atoms. The van der Waals surface area contributed by atoms with E-state index in [1.54, 1.807) is 9.80 Å². The predicted molar refractivity (Wildman–Crippen MR) is 169 cm³/mol. The van der Waals surface area contributed by atoms with Crippen molar-refractivity contribution in [3.63, 3.8) is 0 Å². The summed E-state index contributed by atoms with van der Waals surface area (Å²) in [4.78, 5) is 37.9. The SMILES string of the molecule is COc1ccc(-c2cnc3c(Nc4ccc(C(=O)N5CCN(C(=O)[C@@H]6C[C@@H](O)CN6)CC5)c(C)c4F)nccn23)c(F)c1F.Cl.Cl. The molecule has 4 heterocycles. The van der Waals surface area contributed by atoms with Crippen molar-refractivity contribution in [2.24, 2.45) is 0 Å². The molecule has 0 radical (unpaired) electrons. The maximum atomic E-state index is 15.6. The average molecular weight is 683 g/mol. The number of ether oxygens (including phenoxy) is 1. The Morgan fingerprint density at radius 1 is 1.00 bits per heavy atom. The van der Waals surface area contributed by atoms with Gasteiger partial charge in [-0.2, -0.15) is 4.39 Å². The molecule has 0 spiro atoms. The van der Waals surface area contributed by atoms with Gasteiger partial charge in [-0.15, -0.1) is 24.8 Å². The van der Waals surface area contributed by atoms with Crippen LogP contribution in [0.5, 0.6) is 5.75 Å². The first-order chi connectivity index (χ1) is 21.2. The number of piperazine rings is 1. The van der Waals surface area contributed by atoms with E-state index in [4.69, 9.17) is 4.74 Å². The van der Waals surface area contributed by atoms with Gasteiger partial charge in [0.1, 0.15) is 5.82 Å². The number of methoxy groups -OCH3 is 1. The molecule has 6 rings (SSSR count). The number of aliphatic hydroxyl groups is 1. The molecule has 0 bridgehead atoms. The lowest BCUT2D eigenvalue weighted by molar-refractivity contribution is -0.134. The van der Waals surface area contributed by atoms with Crippen LogP contribution in [0.2, 0.25) is 0 Å². The molecule has 2 aromatic heterocycles. The zero-order valence-electron chi connectivity index (χ0n) is 24.8. The molecule has 2 aromatic carbocycles. The number of anilines is 2. The van der Waals surface area contributed by atoms with Crippen LogP contribution in [-0.4, -0.2) is 93.1 Å². The first-order valence-electron chi connectivity index (χ1n) is 14.1. The fourth-order valence-corrected chi connectivity index (χ4v) is 5.66. The van der Waals surface area contributed by atoms with Crippen molar-refractivity contribution in [1.82, 2.24) is 29.5 Å². The quantitative estimate of drug-likeness (QED) is 0.281. The number of nitrogens with zero attached hydrogens (tertiary/aromatic N) is 5. The molecule has 0 saturated carbocycles. The first-order valence-corrected chi connectivity index (χ1v) is 14.1. The van der Waals surface area contributed by atoms with Crippen molar-refractivity contribution in [2.75, 3.05) is 45.2 Å². The lowest BCUT2D eigenvalue weighted by Gasteiger charge is -2.36. The Morgan fingerprint density at radius 3 is 2.39 bits per heavy atom. The van der Waals surface area contributed by atoms with Gasteiger partial charge >= 0.3 is 0 Å². The van der Waals surface area contributed by atoms with Gasteiger partial charge in [-0.3, -0.25) is 14.0 Å². The number of carbonyl (C=O) groups is 2. The Bertz CT molecular complexity index is 1770. The van der Waals surface area contributed by atoms with E-state index in [2.05, 4.69) is 20.6 Å². The van der Waals surface area contributed by atoms with Gasteiger partial charge in [0.2, 0.25) is 11.7 Å². The first kappa shape index (κ1) is 34.8. The van der Waals surface area contributed by atoms with E-state index in [1.807, 2.05) is 0 Å². The molecule has 0 unspecified atom stereocenters. The van der Waals surface area contributed by atoms with Crippen LogP contribution >= 0.6 is 24.8 Å². The van der Waals surface area contributed by atoms with Crippen LogP contribution in [0, 0.1) is 24.4 Å². The number of rotatable bonds is 6. The van der Waals surface area contributed by atoms with Crippen molar-refractivity contribution in [1.29, 1.82) is 0 Å². The molecule has 246 valence electrons. The summed E-state index contributed by atoms with van der Waals surface area (Å²) < 4.78 is 51.2. The minimum Gasteiger partial charge on any atom is -0.494 e. The molecule has 2 atom stereocenters. The normalized spacial score (nSPS) is 17.8. The van der Waals surface area contributed by atoms with E-state index in [9.17, 15) is 23.5 Å². The molecule has 16 heteroatoms. The minimum absolute atomic E-state index is 0. The number of imidazole rings is 1. The Hall–Kier alpha value is -4.11. The highest BCUT2D eigenvalue weighted by Gasteiger charge is 2.34. The number of carbonyl (C=O) groups excluding carboxylic acids is 2. The molecule has 0 aliphatic carbocycles. The summed E-state index contributed by atoms with van der Waals surface area (Å²) in [6, 6.07) is 5.22. The third-order valence-electron chi connectivity index (χ3n) is 8.12. The summed E-state index contributed by atoms with van der Waals surface area (Å²) in [7, 11) is 1.24. The van der Waals surface area contributed by atoms with Crippen molar-refractivity contribution >= 4 is 53.8 Å². The van der Waals surface area contributed by atoms with Crippen LogP contribution in [0.1, 0.15) is 22.3 Å². The highest BCUT2D eigenvalue weighted by atomic mass is 35.5. The monoisotopic (exact) mass is 681 g/mol. The molecule has 2 saturated heterocycles. The number of hydrogen-bond donors (Lipinski definition) is 3. The van der Waals surface area contributed by atoms with Gasteiger partial charge < -0.3 is 30.3 Å². The average Bonchev–Trinajstić information content (AvgIpc) is 3.67. The van der Waals surface area contributed by atoms with Gasteiger partial charge in [0.15, 0.2) is 23.0 Å². The van der Waals surface area contributed by atoms with E-state index in [1.165, 1.54) is 61.3 Å². The van der Waals surface area contributed by atoms with Crippen molar-refractivity contribution in [3.8, 4) is 17.0 Å². The van der Waals surface area contributed by atoms with E-state index in [0.29, 0.717) is 39.1 Å². The molecular formula is C30H32Cl2F3N7O4. The van der Waals surface area contributed by atoms with E-state index in [-0.39, 0.29) is 81.9 Å². The summed E-state index contributed by atoms with van der Waals surface area (Å²) in [5.41, 5.74) is 0.824. The van der Waals surface area contributed by atoms with E-state index < -0.39 is 29.6 Å². The molecule has 2 aliphatic rings. The third-order valence-corrected chi connectivity index (χ3v) is 8.12. The fourth-order valence-electron chi connectivity index (χ4n) is 5.66. The Balaban J connectivity index is 0.00000240. The van der Waals surface area contributed by atoms with Crippen LogP contribution in [0.4, 0.5) is 24.7 Å². The second-order valence-electron chi connectivity index (χ2n) is 10.7. The molecular weight excluding hydrogens is 650 g/mol. The smallest absolute Gasteiger partial charge is 0.254 e. The Labute approximate surface area is 274 Å². The number of benzene rings is 2. The van der Waals surface area contributed by atoms with Crippen LogP contribution in [0.15, 0.2) is 42.9 Å². The summed E-state index contributed by atoms with van der Waals surface area (Å²) >= 11 is 0. The third kappa shape index (κ3) is 6.30. The topological polar surface area (TPSA) is 124 Å². The van der Waals surface area contributed by atoms with Gasteiger partial charge in [0.05, 0.1) is 36.8 Å². The molecule has 2 aliphatic heterocycles. The van der Waals surface area contributed by atoms with Gasteiger partial charge in [-0.1, -0.05) is 0 Å². The standard InChI is InChI=1S/C30H30F3N7O4.2ClH/c1-16-18(29(42)38-9-11-39(12-10-38)30(43)21-13-17(41)14-35-21)3-5-20(24(16)31)37-27-28-36-15-22(40(28)8-7-34-27)19-4-6-23(44-2)26(33)25(19)32;;/h3-8,15,17,21,35,41H,9-14H2,1-2H3,(H,34,37);2*1H/t17-,21+;;/m1../s1. The maximum Gasteiger partial charge on any atom is 0.254 e. The zero-order chi connectivity index (χ0) is 31.1. The van der Waals surface area contributed by atoms with Crippen molar-refractivity contribution < 1.29 is 32.6 Å². The largest absolute Gasteiger partial charge is 0.494 e. The molecule has 2 amide bonds. The number of halogens is 5. The predicted octanol–water partition coefficient (Wildman–Crippen LogP) is 3.73. The van der Waals surface area contributed by atoms with Crippen LogP contribution in [-0.2, 0) is 4.79 Å². The van der Waals surface area contributed by atoms with Gasteiger partial charge in [-0.05, 0) is 43.2 Å².